The Morgan fingerprint density at radius 2 is 2.06 bits per heavy atom. The maximum absolute atomic E-state index is 9.83. The number of likely N-dealkylation sites (N-methyl/N-ethyl adjacent to an activating group) is 1. The first-order valence-electron chi connectivity index (χ1n) is 11.8. The molecule has 2 heterocycles. The van der Waals surface area contributed by atoms with Crippen molar-refractivity contribution in [2.45, 2.75) is 65.5 Å². The molecule has 0 bridgehead atoms. The van der Waals surface area contributed by atoms with Gasteiger partial charge < -0.3 is 19.9 Å². The maximum Gasteiger partial charge on any atom is 0.227 e. The van der Waals surface area contributed by atoms with Gasteiger partial charge in [-0.05, 0) is 38.2 Å². The zero-order chi connectivity index (χ0) is 23.1. The zero-order valence-electron chi connectivity index (χ0n) is 20.0. The van der Waals surface area contributed by atoms with E-state index >= 15 is 0 Å². The molecule has 0 aliphatic heterocycles. The number of fused-ring (bicyclic) bond motifs is 1. The molecular formula is C25H38N6O. The molecule has 2 N–H and O–H groups in total. The van der Waals surface area contributed by atoms with Gasteiger partial charge in [-0.15, -0.1) is 0 Å². The summed E-state index contributed by atoms with van der Waals surface area (Å²) in [6.07, 6.45) is 14.7. The fraction of sp³-hybridized carbons (Fsp3) is 0.560. The summed E-state index contributed by atoms with van der Waals surface area (Å²) in [7, 11) is 0. The lowest BCUT2D eigenvalue weighted by molar-refractivity contribution is 0.248. The van der Waals surface area contributed by atoms with Gasteiger partial charge in [0, 0.05) is 19.1 Å². The van der Waals surface area contributed by atoms with E-state index < -0.39 is 0 Å². The molecule has 0 unspecified atom stereocenters. The number of imidazole rings is 1. The van der Waals surface area contributed by atoms with Crippen molar-refractivity contribution in [2.24, 2.45) is 5.92 Å². The molecule has 1 aliphatic carbocycles. The van der Waals surface area contributed by atoms with Gasteiger partial charge >= 0.3 is 0 Å². The van der Waals surface area contributed by atoms with E-state index in [1.54, 1.807) is 0 Å². The van der Waals surface area contributed by atoms with Crippen LogP contribution >= 0.6 is 0 Å². The summed E-state index contributed by atoms with van der Waals surface area (Å²) in [5.74, 6) is 1.59. The predicted molar refractivity (Wildman–Crippen MR) is 133 cm³/mol. The average Bonchev–Trinajstić information content (AvgIpc) is 3.45. The SMILES string of the molecule is C=C(/C=C\C=C/C)CN(CC)c1nc(N[C@@H](CO)C(C)C)nc2c1ncn2C1CCCC1. The Hall–Kier alpha value is -2.67. The Bertz CT molecular complexity index is 955. The number of aliphatic hydroxyl groups excluding tert-OH is 1. The van der Waals surface area contributed by atoms with Crippen molar-refractivity contribution in [1.82, 2.24) is 19.5 Å². The third kappa shape index (κ3) is 5.57. The van der Waals surface area contributed by atoms with Crippen LogP contribution in [-0.2, 0) is 0 Å². The van der Waals surface area contributed by atoms with Crippen molar-refractivity contribution in [3.63, 3.8) is 0 Å². The van der Waals surface area contributed by atoms with Crippen molar-refractivity contribution in [1.29, 1.82) is 0 Å². The van der Waals surface area contributed by atoms with Crippen LogP contribution < -0.4 is 10.2 Å². The normalized spacial score (nSPS) is 16.1. The highest BCUT2D eigenvalue weighted by Crippen LogP contribution is 2.34. The second-order valence-corrected chi connectivity index (χ2v) is 8.87. The highest BCUT2D eigenvalue weighted by molar-refractivity contribution is 5.85. The van der Waals surface area contributed by atoms with Gasteiger partial charge in [-0.25, -0.2) is 4.98 Å². The van der Waals surface area contributed by atoms with Crippen LogP contribution in [0, 0.1) is 5.92 Å². The molecule has 0 amide bonds. The Morgan fingerprint density at radius 1 is 1.31 bits per heavy atom. The number of aromatic nitrogens is 4. The lowest BCUT2D eigenvalue weighted by Crippen LogP contribution is -2.31. The number of aliphatic hydroxyl groups is 1. The van der Waals surface area contributed by atoms with Crippen LogP contribution in [0.4, 0.5) is 11.8 Å². The van der Waals surface area contributed by atoms with E-state index in [1.165, 1.54) is 12.8 Å². The van der Waals surface area contributed by atoms with Crippen LogP contribution in [0.5, 0.6) is 0 Å². The third-order valence-corrected chi connectivity index (χ3v) is 6.15. The maximum atomic E-state index is 9.83. The minimum Gasteiger partial charge on any atom is -0.394 e. The molecule has 0 aromatic carbocycles. The van der Waals surface area contributed by atoms with E-state index in [4.69, 9.17) is 15.0 Å². The van der Waals surface area contributed by atoms with Gasteiger partial charge in [-0.3, -0.25) is 0 Å². The van der Waals surface area contributed by atoms with E-state index in [-0.39, 0.29) is 18.6 Å². The molecule has 0 spiro atoms. The summed E-state index contributed by atoms with van der Waals surface area (Å²) in [5.41, 5.74) is 2.68. The molecule has 2 aromatic rings. The molecule has 1 fully saturated rings. The van der Waals surface area contributed by atoms with Gasteiger partial charge in [0.15, 0.2) is 17.0 Å². The Balaban J connectivity index is 2.02. The summed E-state index contributed by atoms with van der Waals surface area (Å²) in [5, 5.41) is 13.2. The highest BCUT2D eigenvalue weighted by atomic mass is 16.3. The van der Waals surface area contributed by atoms with E-state index in [9.17, 15) is 5.11 Å². The van der Waals surface area contributed by atoms with E-state index in [1.807, 2.05) is 37.6 Å². The molecule has 7 nitrogen and oxygen atoms in total. The topological polar surface area (TPSA) is 79.1 Å². The molecule has 1 atom stereocenters. The quantitative estimate of drug-likeness (QED) is 0.487. The van der Waals surface area contributed by atoms with Crippen molar-refractivity contribution in [3.05, 3.63) is 42.8 Å². The zero-order valence-corrected chi connectivity index (χ0v) is 20.0. The summed E-state index contributed by atoms with van der Waals surface area (Å²) < 4.78 is 2.22. The van der Waals surface area contributed by atoms with Crippen LogP contribution in [0.2, 0.25) is 0 Å². The van der Waals surface area contributed by atoms with Gasteiger partial charge in [-0.1, -0.05) is 57.6 Å². The van der Waals surface area contributed by atoms with E-state index in [0.29, 0.717) is 18.5 Å². The first-order valence-corrected chi connectivity index (χ1v) is 11.8. The Morgan fingerprint density at radius 3 is 2.69 bits per heavy atom. The Labute approximate surface area is 192 Å². The Kier molecular flexibility index (Phi) is 8.45. The molecule has 0 saturated heterocycles. The van der Waals surface area contributed by atoms with Crippen molar-refractivity contribution >= 4 is 22.9 Å². The lowest BCUT2D eigenvalue weighted by atomic mass is 10.1. The van der Waals surface area contributed by atoms with E-state index in [2.05, 4.69) is 42.1 Å². The average molecular weight is 439 g/mol. The van der Waals surface area contributed by atoms with Gasteiger partial charge in [-0.2, -0.15) is 9.97 Å². The molecule has 0 radical (unpaired) electrons. The van der Waals surface area contributed by atoms with Crippen molar-refractivity contribution in [2.75, 3.05) is 29.9 Å². The van der Waals surface area contributed by atoms with Gasteiger partial charge in [0.2, 0.25) is 5.95 Å². The first kappa shape index (κ1) is 24.0. The van der Waals surface area contributed by atoms with Gasteiger partial charge in [0.05, 0.1) is 19.0 Å². The molecule has 7 heteroatoms. The largest absolute Gasteiger partial charge is 0.394 e. The van der Waals surface area contributed by atoms with Gasteiger partial charge in [0.1, 0.15) is 0 Å². The molecule has 3 rings (SSSR count). The molecular weight excluding hydrogens is 400 g/mol. The highest BCUT2D eigenvalue weighted by Gasteiger charge is 2.24. The smallest absolute Gasteiger partial charge is 0.227 e. The summed E-state index contributed by atoms with van der Waals surface area (Å²) in [6.45, 7) is 13.9. The number of hydrogen-bond acceptors (Lipinski definition) is 6. The number of nitrogens with zero attached hydrogens (tertiary/aromatic N) is 5. The molecule has 174 valence electrons. The van der Waals surface area contributed by atoms with Crippen LogP contribution in [-0.4, -0.2) is 50.4 Å². The minimum absolute atomic E-state index is 0.0281. The van der Waals surface area contributed by atoms with E-state index in [0.717, 1.165) is 41.9 Å². The number of hydrogen-bond donors (Lipinski definition) is 2. The number of allylic oxidation sites excluding steroid dienone is 3. The second-order valence-electron chi connectivity index (χ2n) is 8.87. The summed E-state index contributed by atoms with van der Waals surface area (Å²) in [6, 6.07) is 0.320. The summed E-state index contributed by atoms with van der Waals surface area (Å²) >= 11 is 0. The van der Waals surface area contributed by atoms with Crippen molar-refractivity contribution < 1.29 is 5.11 Å². The fourth-order valence-electron chi connectivity index (χ4n) is 4.16. The molecule has 1 aliphatic rings. The number of rotatable bonds is 11. The minimum atomic E-state index is -0.114. The van der Waals surface area contributed by atoms with Crippen LogP contribution in [0.15, 0.2) is 42.8 Å². The fourth-order valence-corrected chi connectivity index (χ4v) is 4.16. The monoisotopic (exact) mass is 438 g/mol. The number of nitrogens with one attached hydrogen (secondary N) is 1. The van der Waals surface area contributed by atoms with Gasteiger partial charge in [0.25, 0.3) is 0 Å². The second kappa shape index (κ2) is 11.3. The lowest BCUT2D eigenvalue weighted by Gasteiger charge is -2.25. The van der Waals surface area contributed by atoms with Crippen molar-refractivity contribution in [3.8, 4) is 0 Å². The molecule has 1 saturated carbocycles. The molecule has 2 aromatic heterocycles. The number of anilines is 2. The van der Waals surface area contributed by atoms with Crippen LogP contribution in [0.3, 0.4) is 0 Å². The summed E-state index contributed by atoms with van der Waals surface area (Å²) in [4.78, 5) is 16.7. The van der Waals surface area contributed by atoms with Crippen LogP contribution in [0.25, 0.3) is 11.2 Å². The predicted octanol–water partition coefficient (Wildman–Crippen LogP) is 4.89. The molecule has 32 heavy (non-hydrogen) atoms. The van der Waals surface area contributed by atoms with Crippen LogP contribution in [0.1, 0.15) is 59.4 Å². The first-order chi connectivity index (χ1) is 15.5. The standard InChI is InChI=1S/C25H38N6O/c1-6-8-9-12-19(5)15-30(7-2)23-22-24(31(17-26-22)20-13-10-11-14-20)29-25(28-23)27-21(16-32)18(3)4/h6,8-9,12,17-18,20-21,32H,5,7,10-11,13-16H2,1-4H3,(H,27,28,29)/b8-6-,12-9-/t21-/m0/s1. The third-order valence-electron chi connectivity index (χ3n) is 6.15.